The number of ether oxygens (including phenoxy) is 2. The van der Waals surface area contributed by atoms with E-state index < -0.39 is 0 Å². The van der Waals surface area contributed by atoms with Crippen molar-refractivity contribution in [2.75, 3.05) is 20.2 Å². The van der Waals surface area contributed by atoms with Crippen LogP contribution in [0.5, 0.6) is 11.5 Å². The zero-order valence-electron chi connectivity index (χ0n) is 16.6. The van der Waals surface area contributed by atoms with Gasteiger partial charge in [0.25, 0.3) is 5.91 Å². The molecule has 3 aromatic rings. The summed E-state index contributed by atoms with van der Waals surface area (Å²) >= 11 is 5.94. The molecule has 0 aliphatic heterocycles. The van der Waals surface area contributed by atoms with E-state index in [1.54, 1.807) is 42.3 Å². The molecular weight excluding hydrogens is 392 g/mol. The number of hydrogen-bond acceptors (Lipinski definition) is 5. The molecule has 0 bridgehead atoms. The van der Waals surface area contributed by atoms with Gasteiger partial charge in [-0.15, -0.1) is 0 Å². The standard InChI is InChI=1S/C22H23ClN2O4/c1-15-21(16(2)29-24-15)14-28-19-8-4-6-17(12-19)22(26)25(3)10-11-27-20-9-5-7-18(23)13-20/h4-9,12-13H,10-11,14H2,1-3H3. The smallest absolute Gasteiger partial charge is 0.253 e. The second-order valence-electron chi connectivity index (χ2n) is 6.65. The molecule has 0 N–H and O–H groups in total. The van der Waals surface area contributed by atoms with Crippen LogP contribution in [0, 0.1) is 13.8 Å². The lowest BCUT2D eigenvalue weighted by atomic mass is 10.2. The number of carbonyl (C=O) groups is 1. The summed E-state index contributed by atoms with van der Waals surface area (Å²) in [6.07, 6.45) is 0. The molecule has 0 radical (unpaired) electrons. The largest absolute Gasteiger partial charge is 0.492 e. The lowest BCUT2D eigenvalue weighted by Crippen LogP contribution is -2.30. The number of amides is 1. The number of aromatic nitrogens is 1. The Morgan fingerprint density at radius 2 is 1.83 bits per heavy atom. The monoisotopic (exact) mass is 414 g/mol. The van der Waals surface area contributed by atoms with Crippen molar-refractivity contribution in [3.05, 3.63) is 76.1 Å². The third-order valence-electron chi connectivity index (χ3n) is 4.48. The Kier molecular flexibility index (Phi) is 6.77. The maximum Gasteiger partial charge on any atom is 0.253 e. The molecule has 1 heterocycles. The van der Waals surface area contributed by atoms with E-state index in [2.05, 4.69) is 5.16 Å². The van der Waals surface area contributed by atoms with E-state index in [9.17, 15) is 4.79 Å². The minimum Gasteiger partial charge on any atom is -0.492 e. The van der Waals surface area contributed by atoms with Crippen LogP contribution in [-0.4, -0.2) is 36.2 Å². The average molecular weight is 415 g/mol. The summed E-state index contributed by atoms with van der Waals surface area (Å²) in [5, 5.41) is 4.53. The third kappa shape index (κ3) is 5.51. The average Bonchev–Trinajstić information content (AvgIpc) is 3.03. The quantitative estimate of drug-likeness (QED) is 0.535. The van der Waals surface area contributed by atoms with Gasteiger partial charge in [-0.2, -0.15) is 0 Å². The molecule has 2 aromatic carbocycles. The zero-order chi connectivity index (χ0) is 20.8. The SMILES string of the molecule is Cc1noc(C)c1COc1cccc(C(=O)N(C)CCOc2cccc(Cl)c2)c1. The van der Waals surface area contributed by atoms with Crippen molar-refractivity contribution in [2.24, 2.45) is 0 Å². The van der Waals surface area contributed by atoms with Crippen LogP contribution in [-0.2, 0) is 6.61 Å². The van der Waals surface area contributed by atoms with Crippen LogP contribution in [0.25, 0.3) is 0 Å². The van der Waals surface area contributed by atoms with Gasteiger partial charge in [0.15, 0.2) is 0 Å². The van der Waals surface area contributed by atoms with Gasteiger partial charge < -0.3 is 18.9 Å². The normalized spacial score (nSPS) is 10.6. The van der Waals surface area contributed by atoms with Crippen molar-refractivity contribution in [3.8, 4) is 11.5 Å². The number of rotatable bonds is 8. The van der Waals surface area contributed by atoms with E-state index in [0.717, 1.165) is 17.0 Å². The number of halogens is 1. The van der Waals surface area contributed by atoms with Crippen LogP contribution in [0.15, 0.2) is 53.1 Å². The Balaban J connectivity index is 1.55. The van der Waals surface area contributed by atoms with Crippen LogP contribution in [0.3, 0.4) is 0 Å². The first-order valence-electron chi connectivity index (χ1n) is 9.22. The minimum atomic E-state index is -0.109. The summed E-state index contributed by atoms with van der Waals surface area (Å²) in [4.78, 5) is 14.3. The number of hydrogen-bond donors (Lipinski definition) is 0. The molecule has 29 heavy (non-hydrogen) atoms. The molecule has 152 valence electrons. The van der Waals surface area contributed by atoms with Gasteiger partial charge in [0.2, 0.25) is 0 Å². The summed E-state index contributed by atoms with van der Waals surface area (Å²) in [6.45, 7) is 4.86. The molecule has 0 aliphatic rings. The van der Waals surface area contributed by atoms with Crippen molar-refractivity contribution >= 4 is 17.5 Å². The molecular formula is C22H23ClN2O4. The molecule has 1 amide bonds. The van der Waals surface area contributed by atoms with Crippen LogP contribution < -0.4 is 9.47 Å². The number of carbonyl (C=O) groups excluding carboxylic acids is 1. The van der Waals surface area contributed by atoms with Crippen LogP contribution in [0.1, 0.15) is 27.4 Å². The molecule has 1 aromatic heterocycles. The Morgan fingerprint density at radius 3 is 2.52 bits per heavy atom. The molecule has 7 heteroatoms. The van der Waals surface area contributed by atoms with Gasteiger partial charge in [0.05, 0.1) is 17.8 Å². The van der Waals surface area contributed by atoms with Gasteiger partial charge in [-0.1, -0.05) is 28.9 Å². The van der Waals surface area contributed by atoms with Gasteiger partial charge in [-0.3, -0.25) is 4.79 Å². The summed E-state index contributed by atoms with van der Waals surface area (Å²) in [5.74, 6) is 1.91. The second-order valence-corrected chi connectivity index (χ2v) is 7.09. The van der Waals surface area contributed by atoms with E-state index in [4.69, 9.17) is 25.6 Å². The molecule has 0 saturated carbocycles. The Bertz CT molecular complexity index is 967. The zero-order valence-corrected chi connectivity index (χ0v) is 17.4. The molecule has 0 unspecified atom stereocenters. The van der Waals surface area contributed by atoms with Crippen LogP contribution in [0.2, 0.25) is 5.02 Å². The summed E-state index contributed by atoms with van der Waals surface area (Å²) in [7, 11) is 1.74. The molecule has 0 fully saturated rings. The number of benzene rings is 2. The molecule has 0 aliphatic carbocycles. The minimum absolute atomic E-state index is 0.109. The Morgan fingerprint density at radius 1 is 1.10 bits per heavy atom. The molecule has 3 rings (SSSR count). The van der Waals surface area contributed by atoms with Crippen molar-refractivity contribution in [1.82, 2.24) is 10.1 Å². The second kappa shape index (κ2) is 9.47. The lowest BCUT2D eigenvalue weighted by molar-refractivity contribution is 0.0773. The van der Waals surface area contributed by atoms with Crippen molar-refractivity contribution < 1.29 is 18.8 Å². The first-order valence-corrected chi connectivity index (χ1v) is 9.60. The maximum absolute atomic E-state index is 12.7. The highest BCUT2D eigenvalue weighted by Gasteiger charge is 2.14. The predicted molar refractivity (Wildman–Crippen MR) is 111 cm³/mol. The van der Waals surface area contributed by atoms with Crippen LogP contribution in [0.4, 0.5) is 0 Å². The van der Waals surface area contributed by atoms with Gasteiger partial charge in [-0.25, -0.2) is 0 Å². The van der Waals surface area contributed by atoms with Gasteiger partial charge in [0, 0.05) is 17.6 Å². The molecule has 6 nitrogen and oxygen atoms in total. The van der Waals surface area contributed by atoms with E-state index in [1.165, 1.54) is 0 Å². The molecule has 0 spiro atoms. The molecule has 0 saturated heterocycles. The third-order valence-corrected chi connectivity index (χ3v) is 4.72. The fourth-order valence-electron chi connectivity index (χ4n) is 2.76. The summed E-state index contributed by atoms with van der Waals surface area (Å²) < 4.78 is 16.6. The fraction of sp³-hybridized carbons (Fsp3) is 0.273. The maximum atomic E-state index is 12.7. The first kappa shape index (κ1) is 20.7. The highest BCUT2D eigenvalue weighted by atomic mass is 35.5. The summed E-state index contributed by atoms with van der Waals surface area (Å²) in [6, 6.07) is 14.3. The number of aryl methyl sites for hydroxylation is 2. The van der Waals surface area contributed by atoms with Gasteiger partial charge >= 0.3 is 0 Å². The fourth-order valence-corrected chi connectivity index (χ4v) is 2.94. The molecule has 0 atom stereocenters. The summed E-state index contributed by atoms with van der Waals surface area (Å²) in [5.41, 5.74) is 2.26. The van der Waals surface area contributed by atoms with E-state index >= 15 is 0 Å². The van der Waals surface area contributed by atoms with Crippen molar-refractivity contribution in [2.45, 2.75) is 20.5 Å². The predicted octanol–water partition coefficient (Wildman–Crippen LogP) is 4.67. The Labute approximate surface area is 175 Å². The van der Waals surface area contributed by atoms with Crippen molar-refractivity contribution in [3.63, 3.8) is 0 Å². The van der Waals surface area contributed by atoms with Crippen molar-refractivity contribution in [1.29, 1.82) is 0 Å². The lowest BCUT2D eigenvalue weighted by Gasteiger charge is -2.18. The topological polar surface area (TPSA) is 64.8 Å². The number of likely N-dealkylation sites (N-methyl/N-ethyl adjacent to an activating group) is 1. The van der Waals surface area contributed by atoms with Gasteiger partial charge in [0.1, 0.15) is 30.5 Å². The highest BCUT2D eigenvalue weighted by Crippen LogP contribution is 2.20. The highest BCUT2D eigenvalue weighted by molar-refractivity contribution is 6.30. The van der Waals surface area contributed by atoms with E-state index in [-0.39, 0.29) is 5.91 Å². The van der Waals surface area contributed by atoms with E-state index in [0.29, 0.717) is 41.8 Å². The van der Waals surface area contributed by atoms with Crippen LogP contribution >= 0.6 is 11.6 Å². The van der Waals surface area contributed by atoms with E-state index in [1.807, 2.05) is 32.0 Å². The first-order chi connectivity index (χ1) is 13.9. The number of nitrogens with zero attached hydrogens (tertiary/aromatic N) is 2. The Hall–Kier alpha value is -2.99. The van der Waals surface area contributed by atoms with Gasteiger partial charge in [-0.05, 0) is 50.2 Å².